The lowest BCUT2D eigenvalue weighted by molar-refractivity contribution is -0.122. The molecule has 0 aliphatic carbocycles. The second-order valence-electron chi connectivity index (χ2n) is 6.48. The second kappa shape index (κ2) is 9.41. The molecule has 146 valence electrons. The highest BCUT2D eigenvalue weighted by Crippen LogP contribution is 2.25. The predicted octanol–water partition coefficient (Wildman–Crippen LogP) is 4.19. The van der Waals surface area contributed by atoms with E-state index in [4.69, 9.17) is 4.74 Å². The number of carbonyl (C=O) groups is 2. The molecule has 0 radical (unpaired) electrons. The molecule has 6 nitrogen and oxygen atoms in total. The summed E-state index contributed by atoms with van der Waals surface area (Å²) in [5, 5.41) is 5.71. The van der Waals surface area contributed by atoms with E-state index in [0.717, 1.165) is 12.2 Å². The number of thioether (sulfide) groups is 1. The van der Waals surface area contributed by atoms with Crippen LogP contribution in [0.25, 0.3) is 0 Å². The molecule has 2 N–H and O–H groups in total. The van der Waals surface area contributed by atoms with E-state index in [1.54, 1.807) is 24.3 Å². The van der Waals surface area contributed by atoms with Crippen molar-refractivity contribution in [2.75, 3.05) is 5.32 Å². The highest BCUT2D eigenvalue weighted by atomic mass is 32.2. The molecule has 28 heavy (non-hydrogen) atoms. The number of ether oxygens (including phenoxy) is 1. The minimum absolute atomic E-state index is 0.0955. The molecule has 2 atom stereocenters. The zero-order valence-corrected chi connectivity index (χ0v) is 16.7. The van der Waals surface area contributed by atoms with Gasteiger partial charge >= 0.3 is 0 Å². The Morgan fingerprint density at radius 1 is 1.18 bits per heavy atom. The van der Waals surface area contributed by atoms with Crippen LogP contribution in [0.4, 0.5) is 5.69 Å². The van der Waals surface area contributed by atoms with Gasteiger partial charge in [-0.15, -0.1) is 0 Å². The number of hydrogen-bond acceptors (Lipinski definition) is 5. The summed E-state index contributed by atoms with van der Waals surface area (Å²) in [6, 6.07) is 16.7. The molecule has 1 aliphatic heterocycles. The highest BCUT2D eigenvalue weighted by molar-refractivity contribution is 8.15. The van der Waals surface area contributed by atoms with Gasteiger partial charge in [-0.2, -0.15) is 0 Å². The Bertz CT molecular complexity index is 853. The van der Waals surface area contributed by atoms with Crippen LogP contribution in [0, 0.1) is 0 Å². The molecule has 2 aromatic rings. The third-order valence-corrected chi connectivity index (χ3v) is 5.29. The van der Waals surface area contributed by atoms with Crippen LogP contribution >= 0.6 is 11.8 Å². The Hall–Kier alpha value is -2.80. The second-order valence-corrected chi connectivity index (χ2v) is 7.67. The maximum atomic E-state index is 12.3. The maximum absolute atomic E-state index is 12.3. The van der Waals surface area contributed by atoms with Gasteiger partial charge in [0.2, 0.25) is 11.8 Å². The molecule has 0 aromatic heterocycles. The summed E-state index contributed by atoms with van der Waals surface area (Å²) in [6.45, 7) is 4.03. The Labute approximate surface area is 168 Å². The maximum Gasteiger partial charge on any atom is 0.240 e. The van der Waals surface area contributed by atoms with E-state index in [9.17, 15) is 9.59 Å². The fourth-order valence-corrected chi connectivity index (χ4v) is 3.57. The average molecular weight is 398 g/mol. The molecule has 3 rings (SSSR count). The number of hydrogen-bond donors (Lipinski definition) is 2. The molecule has 1 heterocycles. The molecule has 1 aliphatic rings. The first kappa shape index (κ1) is 19.9. The van der Waals surface area contributed by atoms with E-state index >= 15 is 0 Å². The number of nitrogens with one attached hydrogen (secondary N) is 2. The van der Waals surface area contributed by atoms with Gasteiger partial charge in [0.1, 0.15) is 16.7 Å². The van der Waals surface area contributed by atoms with Crippen LogP contribution in [0.15, 0.2) is 59.6 Å². The lowest BCUT2D eigenvalue weighted by atomic mass is 10.2. The monoisotopic (exact) mass is 397 g/mol. The summed E-state index contributed by atoms with van der Waals surface area (Å²) in [5.41, 5.74) is 0.655. The molecule has 1 fully saturated rings. The molecule has 2 aromatic carbocycles. The van der Waals surface area contributed by atoms with Crippen molar-refractivity contribution >= 4 is 34.4 Å². The topological polar surface area (TPSA) is 79.8 Å². The molecule has 1 saturated heterocycles. The van der Waals surface area contributed by atoms with Gasteiger partial charge in [0, 0.05) is 18.2 Å². The first-order valence-electron chi connectivity index (χ1n) is 9.21. The largest absolute Gasteiger partial charge is 0.457 e. The molecule has 0 bridgehead atoms. The number of amides is 2. The number of aliphatic imine (C=N–C) groups is 1. The highest BCUT2D eigenvalue weighted by Gasteiger charge is 2.32. The first-order valence-corrected chi connectivity index (χ1v) is 10.1. The third kappa shape index (κ3) is 5.60. The Kier molecular flexibility index (Phi) is 6.71. The Morgan fingerprint density at radius 3 is 2.54 bits per heavy atom. The van der Waals surface area contributed by atoms with Crippen LogP contribution in [-0.2, 0) is 9.59 Å². The fourth-order valence-electron chi connectivity index (χ4n) is 2.50. The molecule has 2 unspecified atom stereocenters. The molecular formula is C21H23N3O3S. The van der Waals surface area contributed by atoms with Crippen LogP contribution in [0.5, 0.6) is 11.5 Å². The van der Waals surface area contributed by atoms with E-state index in [1.165, 1.54) is 11.8 Å². The van der Waals surface area contributed by atoms with Gasteiger partial charge in [-0.25, -0.2) is 0 Å². The van der Waals surface area contributed by atoms with Gasteiger partial charge in [0.05, 0.1) is 0 Å². The number of carbonyl (C=O) groups excluding carboxylic acids is 2. The average Bonchev–Trinajstić information content (AvgIpc) is 3.02. The van der Waals surface area contributed by atoms with Crippen molar-refractivity contribution in [3.05, 3.63) is 54.6 Å². The standard InChI is InChI=1S/C21H23N3O3S/c1-3-14(2)22-21-24-20(26)18(28-21)13-19(25)23-15-9-11-17(12-10-15)27-16-7-5-4-6-8-16/h4-12,14,18H,3,13H2,1-2H3,(H,23,25)(H,22,24,26). The van der Waals surface area contributed by atoms with Gasteiger partial charge in [-0.1, -0.05) is 36.9 Å². The number of rotatable bonds is 7. The quantitative estimate of drug-likeness (QED) is 0.734. The summed E-state index contributed by atoms with van der Waals surface area (Å²) in [7, 11) is 0. The summed E-state index contributed by atoms with van der Waals surface area (Å²) < 4.78 is 5.73. The fraction of sp³-hybridized carbons (Fsp3) is 0.286. The van der Waals surface area contributed by atoms with E-state index in [2.05, 4.69) is 15.6 Å². The number of para-hydroxylation sites is 1. The summed E-state index contributed by atoms with van der Waals surface area (Å²) in [5.74, 6) is 1.04. The van der Waals surface area contributed by atoms with E-state index in [0.29, 0.717) is 16.6 Å². The van der Waals surface area contributed by atoms with Gasteiger partial charge in [-0.3, -0.25) is 14.6 Å². The van der Waals surface area contributed by atoms with Crippen LogP contribution in [0.2, 0.25) is 0 Å². The van der Waals surface area contributed by atoms with Crippen molar-refractivity contribution < 1.29 is 14.3 Å². The normalized spacial score (nSPS) is 18.6. The molecule has 2 amide bonds. The number of anilines is 1. The number of nitrogens with zero attached hydrogens (tertiary/aromatic N) is 1. The summed E-state index contributed by atoms with van der Waals surface area (Å²) in [4.78, 5) is 28.8. The predicted molar refractivity (Wildman–Crippen MR) is 113 cm³/mol. The van der Waals surface area contributed by atoms with Crippen LogP contribution in [0.3, 0.4) is 0 Å². The summed E-state index contributed by atoms with van der Waals surface area (Å²) in [6.07, 6.45) is 0.993. The first-order chi connectivity index (χ1) is 13.5. The molecule has 0 spiro atoms. The number of amidine groups is 1. The zero-order valence-electron chi connectivity index (χ0n) is 15.8. The number of benzene rings is 2. The van der Waals surface area contributed by atoms with Crippen molar-refractivity contribution in [2.45, 2.75) is 38.0 Å². The van der Waals surface area contributed by atoms with Gasteiger partial charge in [-0.05, 0) is 49.7 Å². The van der Waals surface area contributed by atoms with Gasteiger partial charge in [0.25, 0.3) is 0 Å². The van der Waals surface area contributed by atoms with Gasteiger partial charge < -0.3 is 15.4 Å². The molecular weight excluding hydrogens is 374 g/mol. The smallest absolute Gasteiger partial charge is 0.240 e. The van der Waals surface area contributed by atoms with Crippen LogP contribution < -0.4 is 15.4 Å². The lowest BCUT2D eigenvalue weighted by Gasteiger charge is -2.09. The minimum atomic E-state index is -0.455. The van der Waals surface area contributed by atoms with Crippen molar-refractivity contribution in [1.29, 1.82) is 0 Å². The van der Waals surface area contributed by atoms with E-state index in [-0.39, 0.29) is 24.3 Å². The van der Waals surface area contributed by atoms with E-state index in [1.807, 2.05) is 44.2 Å². The van der Waals surface area contributed by atoms with Crippen molar-refractivity contribution in [2.24, 2.45) is 4.99 Å². The SMILES string of the molecule is CCC(C)N=C1NC(=O)C(CC(=O)Nc2ccc(Oc3ccccc3)cc2)S1. The Morgan fingerprint density at radius 2 is 1.86 bits per heavy atom. The van der Waals surface area contributed by atoms with Crippen LogP contribution in [0.1, 0.15) is 26.7 Å². The zero-order chi connectivity index (χ0) is 19.9. The molecule has 7 heteroatoms. The third-order valence-electron chi connectivity index (χ3n) is 4.19. The van der Waals surface area contributed by atoms with Crippen molar-refractivity contribution in [3.63, 3.8) is 0 Å². The van der Waals surface area contributed by atoms with E-state index < -0.39 is 5.25 Å². The molecule has 0 saturated carbocycles. The Balaban J connectivity index is 1.52. The lowest BCUT2D eigenvalue weighted by Crippen LogP contribution is -2.28. The van der Waals surface area contributed by atoms with Crippen LogP contribution in [-0.4, -0.2) is 28.3 Å². The van der Waals surface area contributed by atoms with Crippen molar-refractivity contribution in [3.8, 4) is 11.5 Å². The van der Waals surface area contributed by atoms with Gasteiger partial charge in [0.15, 0.2) is 5.17 Å². The summed E-state index contributed by atoms with van der Waals surface area (Å²) >= 11 is 1.31. The van der Waals surface area contributed by atoms with Crippen molar-refractivity contribution in [1.82, 2.24) is 5.32 Å². The minimum Gasteiger partial charge on any atom is -0.457 e.